The maximum Gasteiger partial charge on any atom is 0.410 e. The van der Waals surface area contributed by atoms with Gasteiger partial charge in [-0.05, 0) is 37.0 Å². The number of rotatable bonds is 5. The molecule has 0 unspecified atom stereocenters. The lowest BCUT2D eigenvalue weighted by atomic mass is 9.74. The number of amides is 1. The molecule has 1 fully saturated rings. The van der Waals surface area contributed by atoms with Crippen LogP contribution in [0.25, 0.3) is 0 Å². The summed E-state index contributed by atoms with van der Waals surface area (Å²) in [7, 11) is 0. The van der Waals surface area contributed by atoms with E-state index in [2.05, 4.69) is 23.1 Å². The monoisotopic (exact) mass is 408 g/mol. The van der Waals surface area contributed by atoms with E-state index < -0.39 is 0 Å². The summed E-state index contributed by atoms with van der Waals surface area (Å²) in [4.78, 5) is 28.5. The lowest BCUT2D eigenvalue weighted by molar-refractivity contribution is -0.141. The molecule has 1 spiro atoms. The molecule has 1 saturated heterocycles. The summed E-state index contributed by atoms with van der Waals surface area (Å²) >= 11 is 0. The van der Waals surface area contributed by atoms with Crippen molar-refractivity contribution in [3.8, 4) is 0 Å². The molecule has 6 heteroatoms. The number of hydrogen-bond acceptors (Lipinski definition) is 5. The summed E-state index contributed by atoms with van der Waals surface area (Å²) < 4.78 is 10.7. The smallest absolute Gasteiger partial charge is 0.410 e. The topological polar surface area (TPSA) is 59.1 Å². The molecule has 0 aliphatic carbocycles. The summed E-state index contributed by atoms with van der Waals surface area (Å²) in [5.74, 6) is -0.203. The SMILES string of the molecule is CCOC(=O)CN1CC2(CCN(C(=O)OCc3ccccc3)CC2)c2ccccc21. The molecular weight excluding hydrogens is 380 g/mol. The molecule has 0 radical (unpaired) electrons. The zero-order valence-corrected chi connectivity index (χ0v) is 17.4. The standard InChI is InChI=1S/C24H28N2O4/c1-2-29-22(27)16-26-18-24(20-10-6-7-11-21(20)26)12-14-25(15-13-24)23(28)30-17-19-8-4-3-5-9-19/h3-11H,2,12-18H2,1H3. The van der Waals surface area contributed by atoms with Crippen molar-refractivity contribution in [3.05, 3.63) is 65.7 Å². The van der Waals surface area contributed by atoms with Gasteiger partial charge in [0.25, 0.3) is 0 Å². The summed E-state index contributed by atoms with van der Waals surface area (Å²) in [5.41, 5.74) is 3.31. The Bertz CT molecular complexity index is 891. The number of piperidine rings is 1. The van der Waals surface area contributed by atoms with Crippen molar-refractivity contribution < 1.29 is 19.1 Å². The van der Waals surface area contributed by atoms with Gasteiger partial charge in [-0.2, -0.15) is 0 Å². The second kappa shape index (κ2) is 8.78. The van der Waals surface area contributed by atoms with Crippen LogP contribution >= 0.6 is 0 Å². The molecule has 0 aromatic heterocycles. The second-order valence-corrected chi connectivity index (χ2v) is 7.99. The fourth-order valence-electron chi connectivity index (χ4n) is 4.59. The first kappa shape index (κ1) is 20.3. The summed E-state index contributed by atoms with van der Waals surface area (Å²) in [5, 5.41) is 0. The number of esters is 1. The van der Waals surface area contributed by atoms with E-state index in [0.717, 1.165) is 30.6 Å². The van der Waals surface area contributed by atoms with Crippen LogP contribution in [0.4, 0.5) is 10.5 Å². The number of nitrogens with zero attached hydrogens (tertiary/aromatic N) is 2. The molecule has 6 nitrogen and oxygen atoms in total. The molecule has 2 aliphatic rings. The molecule has 2 aliphatic heterocycles. The Morgan fingerprint density at radius 1 is 0.967 bits per heavy atom. The Labute approximate surface area is 177 Å². The predicted octanol–water partition coefficient (Wildman–Crippen LogP) is 3.74. The Balaban J connectivity index is 1.39. The van der Waals surface area contributed by atoms with E-state index in [1.807, 2.05) is 43.3 Å². The van der Waals surface area contributed by atoms with Gasteiger partial charge in [-0.1, -0.05) is 48.5 Å². The highest BCUT2D eigenvalue weighted by atomic mass is 16.6. The minimum atomic E-state index is -0.261. The van der Waals surface area contributed by atoms with Crippen molar-refractivity contribution in [1.82, 2.24) is 4.90 Å². The van der Waals surface area contributed by atoms with E-state index in [1.165, 1.54) is 5.56 Å². The summed E-state index contributed by atoms with van der Waals surface area (Å²) in [6.45, 7) is 4.83. The van der Waals surface area contributed by atoms with Gasteiger partial charge in [-0.3, -0.25) is 4.79 Å². The van der Waals surface area contributed by atoms with Gasteiger partial charge >= 0.3 is 12.1 Å². The Hall–Kier alpha value is -3.02. The Kier molecular flexibility index (Phi) is 5.93. The molecule has 2 aromatic rings. The molecule has 2 heterocycles. The number of para-hydroxylation sites is 1. The highest BCUT2D eigenvalue weighted by molar-refractivity contribution is 5.78. The second-order valence-electron chi connectivity index (χ2n) is 7.99. The van der Waals surface area contributed by atoms with Crippen LogP contribution in [0.15, 0.2) is 54.6 Å². The predicted molar refractivity (Wildman–Crippen MR) is 114 cm³/mol. The molecule has 4 rings (SSSR count). The molecular formula is C24H28N2O4. The lowest BCUT2D eigenvalue weighted by Crippen LogP contribution is -2.47. The van der Waals surface area contributed by atoms with Gasteiger partial charge in [0.1, 0.15) is 13.2 Å². The largest absolute Gasteiger partial charge is 0.465 e. The van der Waals surface area contributed by atoms with Gasteiger partial charge in [0.2, 0.25) is 0 Å². The quantitative estimate of drug-likeness (QED) is 0.706. The first-order chi connectivity index (χ1) is 14.6. The van der Waals surface area contributed by atoms with E-state index in [-0.39, 0.29) is 30.6 Å². The zero-order valence-electron chi connectivity index (χ0n) is 17.4. The fourth-order valence-corrected chi connectivity index (χ4v) is 4.59. The highest BCUT2D eigenvalue weighted by Gasteiger charge is 2.45. The van der Waals surface area contributed by atoms with Gasteiger partial charge < -0.3 is 19.3 Å². The Morgan fingerprint density at radius 2 is 1.67 bits per heavy atom. The number of hydrogen-bond donors (Lipinski definition) is 0. The summed E-state index contributed by atoms with van der Waals surface area (Å²) in [6.07, 6.45) is 1.44. The molecule has 158 valence electrons. The number of carbonyl (C=O) groups excluding carboxylic acids is 2. The van der Waals surface area contributed by atoms with Crippen molar-refractivity contribution in [1.29, 1.82) is 0 Å². The number of benzene rings is 2. The minimum absolute atomic E-state index is 0.0424. The van der Waals surface area contributed by atoms with E-state index >= 15 is 0 Å². The number of likely N-dealkylation sites (tertiary alicyclic amines) is 1. The number of ether oxygens (including phenoxy) is 2. The van der Waals surface area contributed by atoms with Crippen LogP contribution in [0.3, 0.4) is 0 Å². The number of carbonyl (C=O) groups is 2. The van der Waals surface area contributed by atoms with Gasteiger partial charge in [0.15, 0.2) is 0 Å². The molecule has 0 saturated carbocycles. The van der Waals surface area contributed by atoms with Crippen LogP contribution in [0.5, 0.6) is 0 Å². The van der Waals surface area contributed by atoms with Crippen LogP contribution in [-0.2, 0) is 26.3 Å². The van der Waals surface area contributed by atoms with Gasteiger partial charge in [0.05, 0.1) is 6.61 Å². The maximum absolute atomic E-state index is 12.5. The average molecular weight is 408 g/mol. The third kappa shape index (κ3) is 4.13. The van der Waals surface area contributed by atoms with Crippen LogP contribution in [0.1, 0.15) is 30.9 Å². The van der Waals surface area contributed by atoms with Crippen molar-refractivity contribution in [2.75, 3.05) is 37.7 Å². The number of anilines is 1. The molecule has 0 atom stereocenters. The van der Waals surface area contributed by atoms with Gasteiger partial charge in [-0.15, -0.1) is 0 Å². The third-order valence-electron chi connectivity index (χ3n) is 6.12. The fraction of sp³-hybridized carbons (Fsp3) is 0.417. The van der Waals surface area contributed by atoms with Gasteiger partial charge in [0, 0.05) is 30.7 Å². The maximum atomic E-state index is 12.5. The van der Waals surface area contributed by atoms with Crippen LogP contribution in [0, 0.1) is 0 Å². The molecule has 0 N–H and O–H groups in total. The molecule has 0 bridgehead atoms. The van der Waals surface area contributed by atoms with Gasteiger partial charge in [-0.25, -0.2) is 4.79 Å². The van der Waals surface area contributed by atoms with E-state index in [0.29, 0.717) is 19.7 Å². The van der Waals surface area contributed by atoms with Crippen molar-refractivity contribution in [2.24, 2.45) is 0 Å². The van der Waals surface area contributed by atoms with E-state index in [1.54, 1.807) is 4.90 Å². The molecule has 2 aromatic carbocycles. The van der Waals surface area contributed by atoms with E-state index in [4.69, 9.17) is 9.47 Å². The molecule has 1 amide bonds. The van der Waals surface area contributed by atoms with Crippen LogP contribution in [-0.4, -0.2) is 49.7 Å². The van der Waals surface area contributed by atoms with Crippen molar-refractivity contribution >= 4 is 17.7 Å². The number of fused-ring (bicyclic) bond motifs is 2. The normalized spacial score (nSPS) is 17.0. The Morgan fingerprint density at radius 3 is 2.40 bits per heavy atom. The third-order valence-corrected chi connectivity index (χ3v) is 6.12. The van der Waals surface area contributed by atoms with Crippen LogP contribution < -0.4 is 4.90 Å². The summed E-state index contributed by atoms with van der Waals surface area (Å²) in [6, 6.07) is 18.0. The first-order valence-electron chi connectivity index (χ1n) is 10.6. The highest BCUT2D eigenvalue weighted by Crippen LogP contribution is 2.46. The van der Waals surface area contributed by atoms with Crippen molar-refractivity contribution in [2.45, 2.75) is 31.8 Å². The zero-order chi connectivity index (χ0) is 21.0. The molecule has 30 heavy (non-hydrogen) atoms. The first-order valence-corrected chi connectivity index (χ1v) is 10.6. The minimum Gasteiger partial charge on any atom is -0.465 e. The lowest BCUT2D eigenvalue weighted by Gasteiger charge is -2.39. The van der Waals surface area contributed by atoms with E-state index in [9.17, 15) is 9.59 Å². The van der Waals surface area contributed by atoms with Crippen molar-refractivity contribution in [3.63, 3.8) is 0 Å². The average Bonchev–Trinajstić information content (AvgIpc) is 3.06. The van der Waals surface area contributed by atoms with Crippen LogP contribution in [0.2, 0.25) is 0 Å².